The van der Waals surface area contributed by atoms with Gasteiger partial charge in [-0.1, -0.05) is 16.3 Å². The van der Waals surface area contributed by atoms with E-state index in [1.807, 2.05) is 0 Å². The van der Waals surface area contributed by atoms with Crippen LogP contribution in [0.4, 0.5) is 14.9 Å². The van der Waals surface area contributed by atoms with Crippen molar-refractivity contribution in [3.05, 3.63) is 51.2 Å². The molecule has 2 rings (SSSR count). The van der Waals surface area contributed by atoms with Gasteiger partial charge in [-0.15, -0.1) is 0 Å². The van der Waals surface area contributed by atoms with Crippen LogP contribution in [0, 0.1) is 12.7 Å². The van der Waals surface area contributed by atoms with Gasteiger partial charge < -0.3 is 4.52 Å². The molecule has 1 heterocycles. The summed E-state index contributed by atoms with van der Waals surface area (Å²) in [5.41, 5.74) is -0.264. The number of rotatable bonds is 2. The largest absolute Gasteiger partial charge is 0.370 e. The highest BCUT2D eigenvalue weighted by Gasteiger charge is 2.26. The molecule has 0 aliphatic rings. The van der Waals surface area contributed by atoms with Gasteiger partial charge in [-0.05, 0) is 45.0 Å². The van der Waals surface area contributed by atoms with Crippen LogP contribution >= 0.6 is 11.6 Å². The SMILES string of the molecule is Cc1on(C(=O)N(c2ccc(F)cc2)C(C)C)c(=O)c1Cl. The molecule has 21 heavy (non-hydrogen) atoms. The van der Waals surface area contributed by atoms with Crippen LogP contribution in [0.1, 0.15) is 19.6 Å². The maximum Gasteiger partial charge on any atom is 0.365 e. The van der Waals surface area contributed by atoms with E-state index in [9.17, 15) is 14.0 Å². The predicted molar refractivity (Wildman–Crippen MR) is 77.5 cm³/mol. The molecular formula is C14H14ClFN2O3. The lowest BCUT2D eigenvalue weighted by Gasteiger charge is -2.25. The van der Waals surface area contributed by atoms with Crippen LogP contribution in [0.3, 0.4) is 0 Å². The highest BCUT2D eigenvalue weighted by molar-refractivity contribution is 6.31. The molecule has 0 fully saturated rings. The molecule has 7 heteroatoms. The Morgan fingerprint density at radius 3 is 2.33 bits per heavy atom. The minimum atomic E-state index is -0.716. The molecule has 1 aromatic heterocycles. The molecule has 0 unspecified atom stereocenters. The second-order valence-electron chi connectivity index (χ2n) is 4.78. The molecule has 0 radical (unpaired) electrons. The summed E-state index contributed by atoms with van der Waals surface area (Å²) in [7, 11) is 0. The summed E-state index contributed by atoms with van der Waals surface area (Å²) in [6.45, 7) is 5.03. The summed E-state index contributed by atoms with van der Waals surface area (Å²) in [5.74, 6) is -0.248. The first-order chi connectivity index (χ1) is 9.82. The first-order valence-electron chi connectivity index (χ1n) is 6.30. The number of aryl methyl sites for hydroxylation is 1. The highest BCUT2D eigenvalue weighted by atomic mass is 35.5. The van der Waals surface area contributed by atoms with Crippen LogP contribution in [-0.4, -0.2) is 16.8 Å². The Balaban J connectivity index is 2.47. The molecule has 0 atom stereocenters. The van der Waals surface area contributed by atoms with Crippen molar-refractivity contribution in [2.45, 2.75) is 26.8 Å². The third-order valence-electron chi connectivity index (χ3n) is 2.91. The van der Waals surface area contributed by atoms with Crippen molar-refractivity contribution in [2.75, 3.05) is 4.90 Å². The van der Waals surface area contributed by atoms with Gasteiger partial charge in [0.1, 0.15) is 10.8 Å². The van der Waals surface area contributed by atoms with E-state index in [1.165, 1.54) is 36.1 Å². The van der Waals surface area contributed by atoms with Gasteiger partial charge in [0.05, 0.1) is 0 Å². The fraction of sp³-hybridized carbons (Fsp3) is 0.286. The summed E-state index contributed by atoms with van der Waals surface area (Å²) in [6, 6.07) is 4.43. The summed E-state index contributed by atoms with van der Waals surface area (Å²) in [5, 5.41) is -0.133. The maximum atomic E-state index is 13.0. The van der Waals surface area contributed by atoms with Gasteiger partial charge in [-0.2, -0.15) is 0 Å². The van der Waals surface area contributed by atoms with E-state index in [1.54, 1.807) is 13.8 Å². The number of hydrogen-bond acceptors (Lipinski definition) is 3. The molecule has 0 spiro atoms. The molecule has 0 aliphatic carbocycles. The first-order valence-corrected chi connectivity index (χ1v) is 6.68. The number of halogens is 2. The zero-order valence-electron chi connectivity index (χ0n) is 11.8. The van der Waals surface area contributed by atoms with Crippen LogP contribution in [0.15, 0.2) is 33.6 Å². The van der Waals surface area contributed by atoms with Gasteiger partial charge in [0.15, 0.2) is 5.76 Å². The zero-order chi connectivity index (χ0) is 15.7. The van der Waals surface area contributed by atoms with E-state index >= 15 is 0 Å². The third-order valence-corrected chi connectivity index (χ3v) is 3.34. The lowest BCUT2D eigenvalue weighted by atomic mass is 10.2. The van der Waals surface area contributed by atoms with Crippen LogP contribution in [0.25, 0.3) is 0 Å². The molecule has 0 saturated carbocycles. The number of carbonyl (C=O) groups is 1. The van der Waals surface area contributed by atoms with E-state index in [0.717, 1.165) is 0 Å². The summed E-state index contributed by atoms with van der Waals surface area (Å²) in [4.78, 5) is 25.7. The molecule has 112 valence electrons. The van der Waals surface area contributed by atoms with Gasteiger partial charge in [-0.25, -0.2) is 9.18 Å². The minimum absolute atomic E-state index is 0.133. The Hall–Kier alpha value is -2.08. The van der Waals surface area contributed by atoms with Gasteiger partial charge in [0.2, 0.25) is 0 Å². The Morgan fingerprint density at radius 2 is 1.90 bits per heavy atom. The van der Waals surface area contributed by atoms with Gasteiger partial charge in [0.25, 0.3) is 0 Å². The topological polar surface area (TPSA) is 55.5 Å². The number of carbonyl (C=O) groups excluding carboxylic acids is 1. The first kappa shape index (κ1) is 15.3. The molecule has 5 nitrogen and oxygen atoms in total. The molecule has 1 amide bonds. The molecule has 0 aliphatic heterocycles. The normalized spacial score (nSPS) is 11.0. The van der Waals surface area contributed by atoms with Gasteiger partial charge in [-0.3, -0.25) is 9.69 Å². The van der Waals surface area contributed by atoms with Crippen molar-refractivity contribution < 1.29 is 13.7 Å². The van der Waals surface area contributed by atoms with Crippen LogP contribution in [-0.2, 0) is 0 Å². The number of amides is 1. The van der Waals surface area contributed by atoms with Crippen LogP contribution in [0.5, 0.6) is 0 Å². The van der Waals surface area contributed by atoms with Crippen molar-refractivity contribution in [1.29, 1.82) is 0 Å². The minimum Gasteiger partial charge on any atom is -0.370 e. The number of aromatic nitrogens is 1. The Labute approximate surface area is 125 Å². The smallest absolute Gasteiger partial charge is 0.365 e. The number of nitrogens with zero attached hydrogens (tertiary/aromatic N) is 2. The van der Waals surface area contributed by atoms with Gasteiger partial charge in [0, 0.05) is 11.7 Å². The Kier molecular flexibility index (Phi) is 4.18. The maximum absolute atomic E-state index is 13.0. The lowest BCUT2D eigenvalue weighted by Crippen LogP contribution is -2.42. The quantitative estimate of drug-likeness (QED) is 0.853. The van der Waals surface area contributed by atoms with Crippen molar-refractivity contribution in [3.63, 3.8) is 0 Å². The van der Waals surface area contributed by atoms with E-state index in [2.05, 4.69) is 0 Å². The molecular weight excluding hydrogens is 299 g/mol. The summed E-state index contributed by atoms with van der Waals surface area (Å²) < 4.78 is 18.7. The third kappa shape index (κ3) is 2.85. The highest BCUT2D eigenvalue weighted by Crippen LogP contribution is 2.20. The fourth-order valence-electron chi connectivity index (χ4n) is 1.91. The van der Waals surface area contributed by atoms with E-state index in [0.29, 0.717) is 10.4 Å². The van der Waals surface area contributed by atoms with Crippen molar-refractivity contribution in [2.24, 2.45) is 0 Å². The van der Waals surface area contributed by atoms with E-state index in [4.69, 9.17) is 16.1 Å². The molecule has 0 bridgehead atoms. The second kappa shape index (κ2) is 5.73. The average molecular weight is 313 g/mol. The summed E-state index contributed by atoms with van der Waals surface area (Å²) >= 11 is 5.75. The molecule has 0 saturated heterocycles. The predicted octanol–water partition coefficient (Wildman–Crippen LogP) is 3.43. The van der Waals surface area contributed by atoms with E-state index < -0.39 is 17.4 Å². The van der Waals surface area contributed by atoms with Crippen LogP contribution in [0.2, 0.25) is 5.02 Å². The number of hydrogen-bond donors (Lipinski definition) is 0. The standard InChI is InChI=1S/C14H14ClFN2O3/c1-8(2)17(11-6-4-10(16)5-7-11)14(20)18-13(19)12(15)9(3)21-18/h4-8H,1-3H3. The Morgan fingerprint density at radius 1 is 1.33 bits per heavy atom. The summed E-state index contributed by atoms with van der Waals surface area (Å²) in [6.07, 6.45) is 0. The number of anilines is 1. The second-order valence-corrected chi connectivity index (χ2v) is 5.16. The number of benzene rings is 1. The Bertz CT molecular complexity index is 719. The lowest BCUT2D eigenvalue weighted by molar-refractivity contribution is 0.210. The van der Waals surface area contributed by atoms with Crippen molar-refractivity contribution in [1.82, 2.24) is 4.74 Å². The fourth-order valence-corrected chi connectivity index (χ4v) is 2.02. The monoisotopic (exact) mass is 312 g/mol. The molecule has 0 N–H and O–H groups in total. The van der Waals surface area contributed by atoms with Crippen LogP contribution < -0.4 is 10.5 Å². The van der Waals surface area contributed by atoms with E-state index in [-0.39, 0.29) is 16.8 Å². The van der Waals surface area contributed by atoms with Gasteiger partial charge >= 0.3 is 11.6 Å². The molecule has 2 aromatic rings. The molecule has 1 aromatic carbocycles. The van der Waals surface area contributed by atoms with Crippen molar-refractivity contribution in [3.8, 4) is 0 Å². The van der Waals surface area contributed by atoms with Crippen molar-refractivity contribution >= 4 is 23.3 Å². The zero-order valence-corrected chi connectivity index (χ0v) is 12.5. The average Bonchev–Trinajstić information content (AvgIpc) is 2.68.